The molecular formula is C20H34O4. The van der Waals surface area contributed by atoms with Gasteiger partial charge in [-0.25, -0.2) is 0 Å². The van der Waals surface area contributed by atoms with Crippen LogP contribution < -0.4 is 0 Å². The molecule has 0 aromatic carbocycles. The van der Waals surface area contributed by atoms with Crippen LogP contribution in [0.3, 0.4) is 0 Å². The van der Waals surface area contributed by atoms with E-state index >= 15 is 0 Å². The van der Waals surface area contributed by atoms with Gasteiger partial charge >= 0.3 is 0 Å². The second-order valence-electron chi connectivity index (χ2n) is 8.95. The van der Waals surface area contributed by atoms with Gasteiger partial charge in [0, 0.05) is 5.92 Å². The molecule has 2 aliphatic carbocycles. The fraction of sp³-hybridized carbons (Fsp3) is 0.800. The summed E-state index contributed by atoms with van der Waals surface area (Å²) < 4.78 is 0. The van der Waals surface area contributed by atoms with Crippen LogP contribution in [0, 0.1) is 22.7 Å². The van der Waals surface area contributed by atoms with Gasteiger partial charge in [-0.1, -0.05) is 51.0 Å². The lowest BCUT2D eigenvalue weighted by Crippen LogP contribution is -2.69. The molecule has 6 atom stereocenters. The molecule has 0 heterocycles. The second kappa shape index (κ2) is 6.56. The van der Waals surface area contributed by atoms with Crippen molar-refractivity contribution in [2.24, 2.45) is 22.7 Å². The van der Waals surface area contributed by atoms with Crippen molar-refractivity contribution in [3.63, 3.8) is 0 Å². The van der Waals surface area contributed by atoms with E-state index in [4.69, 9.17) is 5.11 Å². The van der Waals surface area contributed by atoms with E-state index in [1.54, 1.807) is 13.0 Å². The molecular weight excluding hydrogens is 304 g/mol. The Morgan fingerprint density at radius 1 is 1.12 bits per heavy atom. The fourth-order valence-electron chi connectivity index (χ4n) is 5.58. The van der Waals surface area contributed by atoms with Crippen LogP contribution in [-0.4, -0.2) is 44.8 Å². The van der Waals surface area contributed by atoms with Gasteiger partial charge in [-0.2, -0.15) is 0 Å². The van der Waals surface area contributed by atoms with Crippen molar-refractivity contribution < 1.29 is 20.4 Å². The quantitative estimate of drug-likeness (QED) is 0.596. The predicted molar refractivity (Wildman–Crippen MR) is 95.3 cm³/mol. The van der Waals surface area contributed by atoms with Gasteiger partial charge < -0.3 is 20.4 Å². The molecule has 4 nitrogen and oxygen atoms in total. The summed E-state index contributed by atoms with van der Waals surface area (Å²) >= 11 is 0. The predicted octanol–water partition coefficient (Wildman–Crippen LogP) is 2.42. The lowest BCUT2D eigenvalue weighted by molar-refractivity contribution is -0.255. The van der Waals surface area contributed by atoms with E-state index in [-0.39, 0.29) is 29.3 Å². The van der Waals surface area contributed by atoms with Crippen LogP contribution in [0.15, 0.2) is 23.8 Å². The van der Waals surface area contributed by atoms with Crippen molar-refractivity contribution in [1.29, 1.82) is 0 Å². The zero-order chi connectivity index (χ0) is 18.3. The van der Waals surface area contributed by atoms with Crippen molar-refractivity contribution in [3.05, 3.63) is 23.8 Å². The van der Waals surface area contributed by atoms with Gasteiger partial charge in [-0.15, -0.1) is 0 Å². The minimum absolute atomic E-state index is 0.0223. The highest BCUT2D eigenvalue weighted by Crippen LogP contribution is 2.62. The molecule has 0 spiro atoms. The van der Waals surface area contributed by atoms with Crippen LogP contribution in [-0.2, 0) is 0 Å². The first kappa shape index (κ1) is 19.6. The first-order valence-corrected chi connectivity index (χ1v) is 9.03. The molecule has 0 bridgehead atoms. The Hall–Kier alpha value is -0.680. The fourth-order valence-corrected chi connectivity index (χ4v) is 5.58. The van der Waals surface area contributed by atoms with Crippen molar-refractivity contribution in [3.8, 4) is 0 Å². The van der Waals surface area contributed by atoms with Crippen molar-refractivity contribution in [2.75, 3.05) is 6.61 Å². The van der Waals surface area contributed by atoms with Crippen molar-refractivity contribution in [2.45, 2.75) is 71.7 Å². The Kier molecular flexibility index (Phi) is 5.37. The van der Waals surface area contributed by atoms with Gasteiger partial charge in [0.15, 0.2) is 0 Å². The third-order valence-corrected chi connectivity index (χ3v) is 6.66. The third-order valence-electron chi connectivity index (χ3n) is 6.66. The highest BCUT2D eigenvalue weighted by molar-refractivity contribution is 5.24. The second-order valence-corrected chi connectivity index (χ2v) is 8.95. The third kappa shape index (κ3) is 3.10. The van der Waals surface area contributed by atoms with Crippen LogP contribution in [0.25, 0.3) is 0 Å². The van der Waals surface area contributed by atoms with Crippen LogP contribution in [0.5, 0.6) is 0 Å². The van der Waals surface area contributed by atoms with Crippen LogP contribution in [0.2, 0.25) is 0 Å². The molecule has 2 saturated carbocycles. The summed E-state index contributed by atoms with van der Waals surface area (Å²) in [6.07, 6.45) is 6.45. The molecule has 0 aliphatic heterocycles. The largest absolute Gasteiger partial charge is 0.392 e. The smallest absolute Gasteiger partial charge is 0.109 e. The lowest BCUT2D eigenvalue weighted by atomic mass is 9.44. The molecule has 0 saturated heterocycles. The van der Waals surface area contributed by atoms with E-state index in [1.165, 1.54) is 0 Å². The molecule has 138 valence electrons. The normalized spacial score (nSPS) is 46.1. The zero-order valence-electron chi connectivity index (χ0n) is 15.7. The van der Waals surface area contributed by atoms with Crippen LogP contribution in [0.1, 0.15) is 53.9 Å². The number of fused-ring (bicyclic) bond motifs is 1. The number of hydrogen-bond donors (Lipinski definition) is 4. The summed E-state index contributed by atoms with van der Waals surface area (Å²) in [6.45, 7) is 9.96. The molecule has 0 unspecified atom stereocenters. The molecule has 0 radical (unpaired) electrons. The van der Waals surface area contributed by atoms with Gasteiger partial charge in [0.25, 0.3) is 0 Å². The van der Waals surface area contributed by atoms with Crippen molar-refractivity contribution >= 4 is 0 Å². The Bertz CT molecular complexity index is 520. The maximum absolute atomic E-state index is 11.1. The Morgan fingerprint density at radius 3 is 2.33 bits per heavy atom. The van der Waals surface area contributed by atoms with E-state index < -0.39 is 17.8 Å². The maximum atomic E-state index is 11.1. The number of aliphatic hydroxyl groups excluding tert-OH is 3. The molecule has 0 amide bonds. The average Bonchev–Trinajstić information content (AvgIpc) is 2.44. The minimum Gasteiger partial charge on any atom is -0.392 e. The van der Waals surface area contributed by atoms with E-state index in [0.29, 0.717) is 0 Å². The van der Waals surface area contributed by atoms with E-state index in [2.05, 4.69) is 20.8 Å². The zero-order valence-corrected chi connectivity index (χ0v) is 15.7. The van der Waals surface area contributed by atoms with E-state index in [0.717, 1.165) is 24.8 Å². The number of hydrogen-bond acceptors (Lipinski definition) is 4. The molecule has 2 fully saturated rings. The maximum Gasteiger partial charge on any atom is 0.109 e. The van der Waals surface area contributed by atoms with Gasteiger partial charge in [-0.05, 0) is 43.4 Å². The summed E-state index contributed by atoms with van der Waals surface area (Å²) in [5, 5.41) is 41.5. The van der Waals surface area contributed by atoms with Gasteiger partial charge in [-0.3, -0.25) is 0 Å². The molecule has 2 aliphatic rings. The highest BCUT2D eigenvalue weighted by Gasteiger charge is 2.64. The number of rotatable bonds is 3. The number of allylic oxidation sites excluding steroid dienone is 2. The van der Waals surface area contributed by atoms with Crippen LogP contribution >= 0.6 is 0 Å². The Morgan fingerprint density at radius 2 is 1.75 bits per heavy atom. The lowest BCUT2D eigenvalue weighted by Gasteiger charge is -2.63. The summed E-state index contributed by atoms with van der Waals surface area (Å²) in [7, 11) is 0. The Labute approximate surface area is 145 Å². The van der Waals surface area contributed by atoms with Crippen LogP contribution in [0.4, 0.5) is 0 Å². The minimum atomic E-state index is -1.39. The van der Waals surface area contributed by atoms with Gasteiger partial charge in [0.05, 0.1) is 18.3 Å². The van der Waals surface area contributed by atoms with E-state index in [9.17, 15) is 15.3 Å². The summed E-state index contributed by atoms with van der Waals surface area (Å²) in [4.78, 5) is 0. The summed E-state index contributed by atoms with van der Waals surface area (Å²) in [6, 6.07) is 0. The van der Waals surface area contributed by atoms with E-state index in [1.807, 2.05) is 19.1 Å². The summed E-state index contributed by atoms with van der Waals surface area (Å²) in [5.41, 5.74) is -0.857. The molecule has 4 heteroatoms. The highest BCUT2D eigenvalue weighted by atomic mass is 16.4. The summed E-state index contributed by atoms with van der Waals surface area (Å²) in [5.74, 6) is -0.347. The topological polar surface area (TPSA) is 80.9 Å². The molecule has 0 aromatic rings. The molecule has 4 N–H and O–H groups in total. The SMILES string of the molecule is C/C(C=C[C@H]1[C@](C)(O)[C@@H](O)[C@H](O)[C@H]2C(C)(C)CCC[C@@]21C)=C/CO. The average molecular weight is 338 g/mol. The van der Waals surface area contributed by atoms with Crippen molar-refractivity contribution in [1.82, 2.24) is 0 Å². The number of aliphatic hydroxyl groups is 4. The van der Waals surface area contributed by atoms with Gasteiger partial charge in [0.1, 0.15) is 6.10 Å². The Balaban J connectivity index is 2.50. The molecule has 0 aromatic heterocycles. The monoisotopic (exact) mass is 338 g/mol. The van der Waals surface area contributed by atoms with Gasteiger partial charge in [0.2, 0.25) is 0 Å². The standard InChI is InChI=1S/C20H34O4/c1-13(9-12-21)7-8-14-19(4)11-6-10-18(2,3)16(19)15(22)17(23)20(14,5)24/h7-9,14-17,21-24H,6,10-12H2,1-5H3/b8-7?,13-9-/t14-,15-,16+,17+,19-,20+/m1/s1. The molecule has 24 heavy (non-hydrogen) atoms. The molecule has 2 rings (SSSR count). The first-order chi connectivity index (χ1) is 11.0. The first-order valence-electron chi connectivity index (χ1n) is 9.03.